The predicted octanol–water partition coefficient (Wildman–Crippen LogP) is 2.01. The van der Waals surface area contributed by atoms with Crippen molar-refractivity contribution < 1.29 is 9.47 Å². The Morgan fingerprint density at radius 3 is 2.63 bits per heavy atom. The van der Waals surface area contributed by atoms with Crippen molar-refractivity contribution in [2.75, 3.05) is 26.9 Å². The topological polar surface area (TPSA) is 56.5 Å². The second-order valence-corrected chi connectivity index (χ2v) is 4.39. The first-order valence-electron chi connectivity index (χ1n) is 6.36. The molecule has 0 fully saturated rings. The second kappa shape index (κ2) is 7.21. The van der Waals surface area contributed by atoms with Crippen molar-refractivity contribution in [1.29, 1.82) is 0 Å². The number of fused-ring (bicyclic) bond motifs is 1. The van der Waals surface area contributed by atoms with E-state index < -0.39 is 0 Å². The molecule has 0 amide bonds. The van der Waals surface area contributed by atoms with Crippen LogP contribution in [0.4, 0.5) is 0 Å². The molecular weight excluding hydrogens is 240 g/mol. The third kappa shape index (κ3) is 3.75. The normalized spacial score (nSPS) is 12.7. The lowest BCUT2D eigenvalue weighted by molar-refractivity contribution is 0.0586. The van der Waals surface area contributed by atoms with Crippen molar-refractivity contribution in [3.05, 3.63) is 48.0 Å². The van der Waals surface area contributed by atoms with Gasteiger partial charge in [-0.05, 0) is 22.4 Å². The first kappa shape index (κ1) is 14.0. The van der Waals surface area contributed by atoms with E-state index in [1.807, 2.05) is 12.1 Å². The Morgan fingerprint density at radius 2 is 1.89 bits per heavy atom. The average Bonchev–Trinajstić information content (AvgIpc) is 2.47. The van der Waals surface area contributed by atoms with Gasteiger partial charge >= 0.3 is 0 Å². The van der Waals surface area contributed by atoms with Crippen LogP contribution in [0.5, 0.6) is 0 Å². The number of methoxy groups -OCH3 is 1. The monoisotopic (exact) mass is 260 g/mol. The highest BCUT2D eigenvalue weighted by atomic mass is 16.5. The fraction of sp³-hybridized carbons (Fsp3) is 0.333. The lowest BCUT2D eigenvalue weighted by Crippen LogP contribution is -2.31. The van der Waals surface area contributed by atoms with E-state index in [2.05, 4.69) is 35.8 Å². The lowest BCUT2D eigenvalue weighted by atomic mass is 10.0. The molecule has 19 heavy (non-hydrogen) atoms. The van der Waals surface area contributed by atoms with Crippen LogP contribution in [0.15, 0.2) is 42.5 Å². The van der Waals surface area contributed by atoms with E-state index in [0.29, 0.717) is 19.8 Å². The number of hydrazine groups is 1. The minimum absolute atomic E-state index is 0.0125. The Balaban J connectivity index is 2.07. The summed E-state index contributed by atoms with van der Waals surface area (Å²) in [6.07, 6.45) is 0. The minimum atomic E-state index is -0.0125. The van der Waals surface area contributed by atoms with Gasteiger partial charge in [0.05, 0.1) is 25.9 Å². The molecule has 4 nitrogen and oxygen atoms in total. The lowest BCUT2D eigenvalue weighted by Gasteiger charge is -2.17. The highest BCUT2D eigenvalue weighted by Gasteiger charge is 2.10. The molecule has 102 valence electrons. The van der Waals surface area contributed by atoms with Gasteiger partial charge in [-0.25, -0.2) is 0 Å². The molecular formula is C15H20N2O2. The summed E-state index contributed by atoms with van der Waals surface area (Å²) in [4.78, 5) is 0. The van der Waals surface area contributed by atoms with Gasteiger partial charge in [0.25, 0.3) is 0 Å². The predicted molar refractivity (Wildman–Crippen MR) is 76.7 cm³/mol. The van der Waals surface area contributed by atoms with Gasteiger partial charge < -0.3 is 9.47 Å². The van der Waals surface area contributed by atoms with Crippen LogP contribution in [0.25, 0.3) is 10.8 Å². The van der Waals surface area contributed by atoms with Crippen LogP contribution in [0.1, 0.15) is 11.6 Å². The summed E-state index contributed by atoms with van der Waals surface area (Å²) in [5.74, 6) is 5.60. The summed E-state index contributed by atoms with van der Waals surface area (Å²) >= 11 is 0. The Hall–Kier alpha value is -1.46. The first-order chi connectivity index (χ1) is 9.35. The smallest absolute Gasteiger partial charge is 0.0701 e. The quantitative estimate of drug-likeness (QED) is 0.454. The van der Waals surface area contributed by atoms with Gasteiger partial charge in [0.2, 0.25) is 0 Å². The molecule has 0 spiro atoms. The summed E-state index contributed by atoms with van der Waals surface area (Å²) < 4.78 is 10.5. The number of nitrogens with one attached hydrogen (secondary N) is 1. The van der Waals surface area contributed by atoms with Crippen LogP contribution < -0.4 is 11.3 Å². The summed E-state index contributed by atoms with van der Waals surface area (Å²) in [6.45, 7) is 1.69. The zero-order chi connectivity index (χ0) is 13.5. The maximum absolute atomic E-state index is 5.60. The molecule has 0 bridgehead atoms. The third-order valence-electron chi connectivity index (χ3n) is 3.09. The van der Waals surface area contributed by atoms with Crippen LogP contribution in [0.3, 0.4) is 0 Å². The molecule has 1 atom stereocenters. The average molecular weight is 260 g/mol. The first-order valence-corrected chi connectivity index (χ1v) is 6.36. The van der Waals surface area contributed by atoms with Crippen LogP contribution in [-0.4, -0.2) is 26.9 Å². The van der Waals surface area contributed by atoms with Gasteiger partial charge in [0.15, 0.2) is 0 Å². The van der Waals surface area contributed by atoms with E-state index in [-0.39, 0.29) is 6.04 Å². The molecule has 1 unspecified atom stereocenters. The van der Waals surface area contributed by atoms with E-state index in [9.17, 15) is 0 Å². The zero-order valence-electron chi connectivity index (χ0n) is 11.1. The van der Waals surface area contributed by atoms with Gasteiger partial charge in [0.1, 0.15) is 0 Å². The van der Waals surface area contributed by atoms with E-state index in [1.165, 1.54) is 10.8 Å². The van der Waals surface area contributed by atoms with E-state index in [0.717, 1.165) is 5.56 Å². The fourth-order valence-electron chi connectivity index (χ4n) is 2.01. The minimum Gasteiger partial charge on any atom is -0.382 e. The molecule has 0 saturated carbocycles. The Bertz CT molecular complexity index is 516. The highest BCUT2D eigenvalue weighted by molar-refractivity contribution is 5.83. The number of ether oxygens (including phenoxy) is 2. The van der Waals surface area contributed by atoms with Crippen molar-refractivity contribution in [1.82, 2.24) is 5.43 Å². The Kier molecular flexibility index (Phi) is 5.30. The van der Waals surface area contributed by atoms with Crippen molar-refractivity contribution in [3.8, 4) is 0 Å². The summed E-state index contributed by atoms with van der Waals surface area (Å²) in [5.41, 5.74) is 3.92. The number of nitrogens with two attached hydrogens (primary N) is 1. The molecule has 2 aromatic carbocycles. The van der Waals surface area contributed by atoms with Crippen molar-refractivity contribution >= 4 is 10.8 Å². The molecule has 0 heterocycles. The van der Waals surface area contributed by atoms with Crippen LogP contribution in [0, 0.1) is 0 Å². The van der Waals surface area contributed by atoms with Crippen molar-refractivity contribution in [3.63, 3.8) is 0 Å². The van der Waals surface area contributed by atoms with E-state index in [4.69, 9.17) is 15.3 Å². The Morgan fingerprint density at radius 1 is 1.11 bits per heavy atom. The van der Waals surface area contributed by atoms with E-state index in [1.54, 1.807) is 7.11 Å². The van der Waals surface area contributed by atoms with Crippen LogP contribution in [-0.2, 0) is 9.47 Å². The summed E-state index contributed by atoms with van der Waals surface area (Å²) in [6, 6.07) is 14.6. The molecule has 0 aliphatic carbocycles. The van der Waals surface area contributed by atoms with Crippen LogP contribution in [0.2, 0.25) is 0 Å². The molecule has 0 aliphatic rings. The van der Waals surface area contributed by atoms with Gasteiger partial charge in [-0.1, -0.05) is 36.4 Å². The molecule has 0 radical (unpaired) electrons. The number of rotatable bonds is 7. The molecule has 0 aliphatic heterocycles. The summed E-state index contributed by atoms with van der Waals surface area (Å²) in [7, 11) is 1.66. The third-order valence-corrected chi connectivity index (χ3v) is 3.09. The number of benzene rings is 2. The largest absolute Gasteiger partial charge is 0.382 e. The zero-order valence-corrected chi connectivity index (χ0v) is 11.1. The van der Waals surface area contributed by atoms with Gasteiger partial charge in [-0.15, -0.1) is 0 Å². The number of hydrogen-bond donors (Lipinski definition) is 2. The standard InChI is InChI=1S/C15H20N2O2/c1-18-8-9-19-11-15(17-16)14-7-6-12-4-2-3-5-13(12)10-14/h2-7,10,15,17H,8-9,11,16H2,1H3. The van der Waals surface area contributed by atoms with Crippen molar-refractivity contribution in [2.45, 2.75) is 6.04 Å². The second-order valence-electron chi connectivity index (χ2n) is 4.39. The van der Waals surface area contributed by atoms with Gasteiger partial charge in [-0.3, -0.25) is 11.3 Å². The molecule has 2 rings (SSSR count). The van der Waals surface area contributed by atoms with E-state index >= 15 is 0 Å². The van der Waals surface area contributed by atoms with Gasteiger partial charge in [0, 0.05) is 7.11 Å². The maximum atomic E-state index is 5.60. The molecule has 0 aromatic heterocycles. The molecule has 0 saturated heterocycles. The number of hydrogen-bond acceptors (Lipinski definition) is 4. The fourth-order valence-corrected chi connectivity index (χ4v) is 2.01. The highest BCUT2D eigenvalue weighted by Crippen LogP contribution is 2.20. The Labute approximate surface area is 113 Å². The summed E-state index contributed by atoms with van der Waals surface area (Å²) in [5, 5.41) is 2.43. The van der Waals surface area contributed by atoms with Crippen LogP contribution >= 0.6 is 0 Å². The molecule has 3 N–H and O–H groups in total. The SMILES string of the molecule is COCCOCC(NN)c1ccc2ccccc2c1. The maximum Gasteiger partial charge on any atom is 0.0701 e. The van der Waals surface area contributed by atoms with Crippen molar-refractivity contribution in [2.24, 2.45) is 5.84 Å². The molecule has 2 aromatic rings. The van der Waals surface area contributed by atoms with Gasteiger partial charge in [-0.2, -0.15) is 0 Å². The molecule has 4 heteroatoms.